The van der Waals surface area contributed by atoms with Crippen molar-refractivity contribution in [2.45, 2.75) is 32.7 Å². The third kappa shape index (κ3) is 3.32. The van der Waals surface area contributed by atoms with Gasteiger partial charge in [-0.15, -0.1) is 0 Å². The second-order valence-electron chi connectivity index (χ2n) is 6.22. The zero-order valence-corrected chi connectivity index (χ0v) is 14.1. The number of aryl methyl sites for hydroxylation is 1. The van der Waals surface area contributed by atoms with Crippen LogP contribution in [0.2, 0.25) is 0 Å². The molecule has 1 atom stereocenters. The first kappa shape index (κ1) is 16.2. The molecule has 0 saturated carbocycles. The molecule has 0 aliphatic carbocycles. The van der Waals surface area contributed by atoms with Gasteiger partial charge in [-0.1, -0.05) is 18.2 Å². The number of benzene rings is 2. The van der Waals surface area contributed by atoms with Crippen molar-refractivity contribution in [1.82, 2.24) is 0 Å². The van der Waals surface area contributed by atoms with E-state index in [4.69, 9.17) is 0 Å². The molecule has 4 heteroatoms. The van der Waals surface area contributed by atoms with Crippen molar-refractivity contribution in [3.63, 3.8) is 0 Å². The lowest BCUT2D eigenvalue weighted by Crippen LogP contribution is -2.44. The minimum absolute atomic E-state index is 0.0196. The standard InChI is InChI=1S/C20H22N2O2/c1-14(22-13-5-7-17-6-3-4-8-19(17)22)20(24)21-18-11-9-16(10-12-18)15(2)23/h3-4,6,8-12,14H,5,7,13H2,1-2H3,(H,21,24). The maximum Gasteiger partial charge on any atom is 0.246 e. The molecule has 0 aromatic heterocycles. The number of para-hydroxylation sites is 1. The quantitative estimate of drug-likeness (QED) is 0.874. The van der Waals surface area contributed by atoms with Crippen molar-refractivity contribution >= 4 is 23.1 Å². The van der Waals surface area contributed by atoms with E-state index < -0.39 is 0 Å². The number of anilines is 2. The fourth-order valence-electron chi connectivity index (χ4n) is 3.14. The van der Waals surface area contributed by atoms with E-state index in [0.29, 0.717) is 11.3 Å². The summed E-state index contributed by atoms with van der Waals surface area (Å²) in [6.45, 7) is 4.35. The van der Waals surface area contributed by atoms with Crippen LogP contribution in [-0.4, -0.2) is 24.3 Å². The first-order chi connectivity index (χ1) is 11.6. The van der Waals surface area contributed by atoms with Gasteiger partial charge in [0.05, 0.1) is 0 Å². The molecule has 1 amide bonds. The molecule has 124 valence electrons. The molecule has 0 saturated heterocycles. The number of nitrogens with zero attached hydrogens (tertiary/aromatic N) is 1. The highest BCUT2D eigenvalue weighted by molar-refractivity contribution is 5.98. The van der Waals surface area contributed by atoms with Crippen molar-refractivity contribution in [1.29, 1.82) is 0 Å². The maximum atomic E-state index is 12.6. The molecule has 1 heterocycles. The predicted octanol–water partition coefficient (Wildman–Crippen LogP) is 3.67. The van der Waals surface area contributed by atoms with Gasteiger partial charge in [0.1, 0.15) is 6.04 Å². The Morgan fingerprint density at radius 3 is 2.50 bits per heavy atom. The van der Waals surface area contributed by atoms with Gasteiger partial charge in [-0.2, -0.15) is 0 Å². The summed E-state index contributed by atoms with van der Waals surface area (Å²) in [5.41, 5.74) is 3.81. The van der Waals surface area contributed by atoms with E-state index in [2.05, 4.69) is 22.3 Å². The zero-order chi connectivity index (χ0) is 17.1. The van der Waals surface area contributed by atoms with Crippen molar-refractivity contribution in [2.24, 2.45) is 0 Å². The molecular weight excluding hydrogens is 300 g/mol. The Kier molecular flexibility index (Phi) is 4.65. The fourth-order valence-corrected chi connectivity index (χ4v) is 3.14. The second kappa shape index (κ2) is 6.87. The van der Waals surface area contributed by atoms with Crippen LogP contribution in [0.25, 0.3) is 0 Å². The molecule has 2 aromatic carbocycles. The molecule has 0 bridgehead atoms. The third-order valence-electron chi connectivity index (χ3n) is 4.55. The van der Waals surface area contributed by atoms with Crippen LogP contribution in [0.1, 0.15) is 36.2 Å². The van der Waals surface area contributed by atoms with Crippen molar-refractivity contribution in [2.75, 3.05) is 16.8 Å². The van der Waals surface area contributed by atoms with Gasteiger partial charge in [0.2, 0.25) is 5.91 Å². The molecule has 24 heavy (non-hydrogen) atoms. The molecule has 0 spiro atoms. The average molecular weight is 322 g/mol. The molecule has 1 aliphatic heterocycles. The summed E-state index contributed by atoms with van der Waals surface area (Å²) in [5, 5.41) is 2.94. The zero-order valence-electron chi connectivity index (χ0n) is 14.1. The van der Waals surface area contributed by atoms with Gasteiger partial charge < -0.3 is 10.2 Å². The summed E-state index contributed by atoms with van der Waals surface area (Å²) in [4.78, 5) is 26.1. The Balaban J connectivity index is 1.72. The average Bonchev–Trinajstić information content (AvgIpc) is 2.61. The third-order valence-corrected chi connectivity index (χ3v) is 4.55. The van der Waals surface area contributed by atoms with Gasteiger partial charge >= 0.3 is 0 Å². The van der Waals surface area contributed by atoms with Crippen LogP contribution in [0, 0.1) is 0 Å². The van der Waals surface area contributed by atoms with Crippen LogP contribution in [0.15, 0.2) is 48.5 Å². The number of amides is 1. The predicted molar refractivity (Wildman–Crippen MR) is 96.6 cm³/mol. The summed E-state index contributed by atoms with van der Waals surface area (Å²) >= 11 is 0. The Labute approximate surface area is 142 Å². The first-order valence-electron chi connectivity index (χ1n) is 8.32. The van der Waals surface area contributed by atoms with E-state index in [1.165, 1.54) is 12.5 Å². The number of nitrogens with one attached hydrogen (secondary N) is 1. The molecule has 2 aromatic rings. The molecule has 0 fully saturated rings. The van der Waals surface area contributed by atoms with E-state index in [1.807, 2.05) is 19.1 Å². The largest absolute Gasteiger partial charge is 0.360 e. The molecule has 1 unspecified atom stereocenters. The number of ketones is 1. The van der Waals surface area contributed by atoms with Crippen molar-refractivity contribution in [3.8, 4) is 0 Å². The number of rotatable bonds is 4. The molecule has 0 radical (unpaired) electrons. The van der Waals surface area contributed by atoms with E-state index in [0.717, 1.165) is 25.1 Å². The summed E-state index contributed by atoms with van der Waals surface area (Å²) in [5.74, 6) is -0.0200. The summed E-state index contributed by atoms with van der Waals surface area (Å²) in [6, 6.07) is 15.0. The minimum Gasteiger partial charge on any atom is -0.360 e. The Hall–Kier alpha value is -2.62. The normalized spacial score (nSPS) is 14.7. The highest BCUT2D eigenvalue weighted by atomic mass is 16.2. The van der Waals surface area contributed by atoms with Gasteiger partial charge in [-0.25, -0.2) is 0 Å². The highest BCUT2D eigenvalue weighted by Gasteiger charge is 2.25. The van der Waals surface area contributed by atoms with Crippen LogP contribution in [0.4, 0.5) is 11.4 Å². The van der Waals surface area contributed by atoms with Gasteiger partial charge in [-0.3, -0.25) is 9.59 Å². The van der Waals surface area contributed by atoms with Gasteiger partial charge in [-0.05, 0) is 62.6 Å². The lowest BCUT2D eigenvalue weighted by atomic mass is 10.00. The van der Waals surface area contributed by atoms with Crippen molar-refractivity contribution in [3.05, 3.63) is 59.7 Å². The summed E-state index contributed by atoms with van der Waals surface area (Å²) in [7, 11) is 0. The lowest BCUT2D eigenvalue weighted by molar-refractivity contribution is -0.117. The SMILES string of the molecule is CC(=O)c1ccc(NC(=O)C(C)N2CCCc3ccccc32)cc1. The fraction of sp³-hybridized carbons (Fsp3) is 0.300. The smallest absolute Gasteiger partial charge is 0.246 e. The number of Topliss-reactive ketones (excluding diaryl/α,β-unsaturated/α-hetero) is 1. The summed E-state index contributed by atoms with van der Waals surface area (Å²) < 4.78 is 0. The van der Waals surface area contributed by atoms with Gasteiger partial charge in [0, 0.05) is 23.5 Å². The number of fused-ring (bicyclic) bond motifs is 1. The maximum absolute atomic E-state index is 12.6. The van der Waals surface area contributed by atoms with Gasteiger partial charge in [0.25, 0.3) is 0 Å². The topological polar surface area (TPSA) is 49.4 Å². The highest BCUT2D eigenvalue weighted by Crippen LogP contribution is 2.28. The van der Waals surface area contributed by atoms with Gasteiger partial charge in [0.15, 0.2) is 5.78 Å². The van der Waals surface area contributed by atoms with E-state index >= 15 is 0 Å². The van der Waals surface area contributed by atoms with Crippen molar-refractivity contribution < 1.29 is 9.59 Å². The van der Waals surface area contributed by atoms with Crippen LogP contribution in [0.5, 0.6) is 0 Å². The van der Waals surface area contributed by atoms with Crippen LogP contribution in [-0.2, 0) is 11.2 Å². The van der Waals surface area contributed by atoms with Crippen LogP contribution < -0.4 is 10.2 Å². The van der Waals surface area contributed by atoms with E-state index in [9.17, 15) is 9.59 Å². The van der Waals surface area contributed by atoms with Crippen LogP contribution >= 0.6 is 0 Å². The number of hydrogen-bond donors (Lipinski definition) is 1. The summed E-state index contributed by atoms with van der Waals surface area (Å²) in [6.07, 6.45) is 2.12. The Morgan fingerprint density at radius 2 is 1.79 bits per heavy atom. The second-order valence-corrected chi connectivity index (χ2v) is 6.22. The molecule has 1 N–H and O–H groups in total. The van der Waals surface area contributed by atoms with E-state index in [-0.39, 0.29) is 17.7 Å². The molecule has 3 rings (SSSR count). The number of carbonyl (C=O) groups excluding carboxylic acids is 2. The first-order valence-corrected chi connectivity index (χ1v) is 8.32. The molecular formula is C20H22N2O2. The lowest BCUT2D eigenvalue weighted by Gasteiger charge is -2.35. The number of hydrogen-bond acceptors (Lipinski definition) is 3. The monoisotopic (exact) mass is 322 g/mol. The Morgan fingerprint density at radius 1 is 1.08 bits per heavy atom. The number of carbonyl (C=O) groups is 2. The molecule has 1 aliphatic rings. The molecule has 4 nitrogen and oxygen atoms in total. The minimum atomic E-state index is -0.251. The Bertz CT molecular complexity index is 752. The van der Waals surface area contributed by atoms with Crippen LogP contribution in [0.3, 0.4) is 0 Å². The van der Waals surface area contributed by atoms with E-state index in [1.54, 1.807) is 24.3 Å².